The molecule has 0 bridgehead atoms. The summed E-state index contributed by atoms with van der Waals surface area (Å²) in [5, 5.41) is 9.01. The van der Waals surface area contributed by atoms with E-state index in [0.29, 0.717) is 0 Å². The normalized spacial score (nSPS) is 12.2. The van der Waals surface area contributed by atoms with Crippen LogP contribution in [0.4, 0.5) is 0 Å². The minimum atomic E-state index is -5.46. The minimum Gasteiger partial charge on any atom is -0.725 e. The molecule has 0 saturated carbocycles. The number of hydrogen-bond acceptors (Lipinski definition) is 8. The zero-order valence-electron chi connectivity index (χ0n) is 4.38. The Bertz CT molecular complexity index is 280. The molecule has 0 aromatic rings. The standard InChI is InChI=1S/Cu.H2O8S2/c;1-7-10(5,6)8-9(2,3)4/h;1H,(H,2,3,4)/q+2;/p-2. The van der Waals surface area contributed by atoms with Gasteiger partial charge < -0.3 is 14.1 Å². The second-order valence-corrected chi connectivity index (χ2v) is 3.27. The first-order valence-electron chi connectivity index (χ1n) is 1.50. The van der Waals surface area contributed by atoms with Gasteiger partial charge in [0.15, 0.2) is 0 Å². The molecule has 11 heteroatoms. The van der Waals surface area contributed by atoms with Gasteiger partial charge in [-0.2, -0.15) is 8.42 Å². The van der Waals surface area contributed by atoms with E-state index in [1.54, 1.807) is 0 Å². The molecule has 0 heterocycles. The summed E-state index contributed by atoms with van der Waals surface area (Å²) in [4.78, 5) is 0. The van der Waals surface area contributed by atoms with Gasteiger partial charge in [0, 0.05) is 0 Å². The van der Waals surface area contributed by atoms with Gasteiger partial charge in [-0.3, -0.25) is 0 Å². The van der Waals surface area contributed by atoms with Gasteiger partial charge in [-0.25, -0.2) is 8.42 Å². The Labute approximate surface area is 72.8 Å². The van der Waals surface area contributed by atoms with Crippen molar-refractivity contribution in [3.63, 3.8) is 0 Å². The number of hydrogen-bond donors (Lipinski definition) is 0. The van der Waals surface area contributed by atoms with Crippen molar-refractivity contribution in [2.45, 2.75) is 0 Å². The molecule has 11 heavy (non-hydrogen) atoms. The quantitative estimate of drug-likeness (QED) is 0.171. The van der Waals surface area contributed by atoms with E-state index in [1.807, 2.05) is 0 Å². The molecule has 0 aliphatic carbocycles. The molecular formula is CuO8S2. The maximum atomic E-state index is 9.68. The molecule has 0 aromatic carbocycles. The average Bonchev–Trinajstić information content (AvgIpc) is 1.60. The second-order valence-electron chi connectivity index (χ2n) is 0.953. The second kappa shape index (κ2) is 4.33. The molecule has 8 nitrogen and oxygen atoms in total. The van der Waals surface area contributed by atoms with Crippen LogP contribution in [0, 0.1) is 0 Å². The Hall–Kier alpha value is 0.259. The molecule has 0 aliphatic rings. The summed E-state index contributed by atoms with van der Waals surface area (Å²) in [6, 6.07) is 0. The van der Waals surface area contributed by atoms with Crippen LogP contribution >= 0.6 is 0 Å². The van der Waals surface area contributed by atoms with Crippen molar-refractivity contribution in [1.29, 1.82) is 0 Å². The van der Waals surface area contributed by atoms with E-state index in [2.05, 4.69) is 7.96 Å². The molecule has 0 fully saturated rings. The monoisotopic (exact) mass is 255 g/mol. The van der Waals surface area contributed by atoms with E-state index in [0.717, 1.165) is 0 Å². The maximum absolute atomic E-state index is 9.68. The largest absolute Gasteiger partial charge is 2.00 e. The molecule has 0 N–H and O–H groups in total. The fourth-order valence-electron chi connectivity index (χ4n) is 0.113. The first-order chi connectivity index (χ1) is 4.27. The molecular weight excluding hydrogens is 256 g/mol. The van der Waals surface area contributed by atoms with Crippen molar-refractivity contribution in [3.05, 3.63) is 0 Å². The third kappa shape index (κ3) is 8.16. The Kier molecular flexibility index (Phi) is 5.44. The fourth-order valence-corrected chi connectivity index (χ4v) is 1.02. The van der Waals surface area contributed by atoms with Gasteiger partial charge in [0.1, 0.15) is 0 Å². The van der Waals surface area contributed by atoms with Crippen LogP contribution in [-0.2, 0) is 45.8 Å². The van der Waals surface area contributed by atoms with Crippen LogP contribution in [0.1, 0.15) is 0 Å². The SMILES string of the molecule is O=S(=O)([O-])OS(=O)(=O)O[O-].[Cu+2]. The van der Waals surface area contributed by atoms with Crippen LogP contribution in [0.3, 0.4) is 0 Å². The zero-order valence-corrected chi connectivity index (χ0v) is 6.96. The minimum absolute atomic E-state index is 0. The zero-order chi connectivity index (χ0) is 8.41. The summed E-state index contributed by atoms with van der Waals surface area (Å²) in [6.07, 6.45) is 0. The summed E-state index contributed by atoms with van der Waals surface area (Å²) in [6.45, 7) is 0. The fraction of sp³-hybridized carbons (Fsp3) is 0. The molecule has 0 amide bonds. The van der Waals surface area contributed by atoms with Gasteiger partial charge in [-0.1, -0.05) is 0 Å². The Morgan fingerprint density at radius 3 is 1.55 bits per heavy atom. The molecule has 1 radical (unpaired) electrons. The third-order valence-electron chi connectivity index (χ3n) is 0.250. The number of rotatable bonds is 3. The van der Waals surface area contributed by atoms with Crippen LogP contribution in [0.5, 0.6) is 0 Å². The van der Waals surface area contributed by atoms with Crippen LogP contribution in [0.25, 0.3) is 0 Å². The smallest absolute Gasteiger partial charge is 0.725 e. The van der Waals surface area contributed by atoms with E-state index in [9.17, 15) is 21.4 Å². The van der Waals surface area contributed by atoms with E-state index in [1.165, 1.54) is 0 Å². The Morgan fingerprint density at radius 2 is 1.45 bits per heavy atom. The van der Waals surface area contributed by atoms with Gasteiger partial charge in [0.25, 0.3) is 0 Å². The molecule has 0 saturated heterocycles. The van der Waals surface area contributed by atoms with Crippen molar-refractivity contribution in [2.75, 3.05) is 0 Å². The van der Waals surface area contributed by atoms with E-state index in [4.69, 9.17) is 5.26 Å². The Morgan fingerprint density at radius 1 is 1.09 bits per heavy atom. The van der Waals surface area contributed by atoms with Gasteiger partial charge in [0.2, 0.25) is 10.4 Å². The average molecular weight is 256 g/mol. The van der Waals surface area contributed by atoms with Crippen molar-refractivity contribution in [1.82, 2.24) is 0 Å². The van der Waals surface area contributed by atoms with Gasteiger partial charge in [0.05, 0.1) is 0 Å². The van der Waals surface area contributed by atoms with Crippen molar-refractivity contribution >= 4 is 20.8 Å². The predicted molar refractivity (Wildman–Crippen MR) is 20.8 cm³/mol. The van der Waals surface area contributed by atoms with Crippen LogP contribution in [0.2, 0.25) is 0 Å². The molecule has 0 rings (SSSR count). The molecule has 0 spiro atoms. The molecule has 0 aromatic heterocycles. The Balaban J connectivity index is 0. The van der Waals surface area contributed by atoms with Crippen LogP contribution in [-0.4, -0.2) is 21.4 Å². The summed E-state index contributed by atoms with van der Waals surface area (Å²) in [5.41, 5.74) is 0. The third-order valence-corrected chi connectivity index (χ3v) is 1.75. The van der Waals surface area contributed by atoms with Crippen molar-refractivity contribution in [3.8, 4) is 0 Å². The first-order valence-corrected chi connectivity index (χ1v) is 4.17. The van der Waals surface area contributed by atoms with E-state index in [-0.39, 0.29) is 17.1 Å². The van der Waals surface area contributed by atoms with Crippen molar-refractivity contribution in [2.24, 2.45) is 0 Å². The topological polar surface area (TPSA) is 133 Å². The van der Waals surface area contributed by atoms with Crippen LogP contribution in [0.15, 0.2) is 0 Å². The van der Waals surface area contributed by atoms with Gasteiger partial charge in [-0.15, -0.1) is 3.63 Å². The van der Waals surface area contributed by atoms with E-state index >= 15 is 0 Å². The molecule has 0 atom stereocenters. The summed E-state index contributed by atoms with van der Waals surface area (Å²) >= 11 is 0. The molecule has 0 aliphatic heterocycles. The first kappa shape index (κ1) is 13.8. The summed E-state index contributed by atoms with van der Waals surface area (Å²) in [7, 11) is -10.7. The summed E-state index contributed by atoms with van der Waals surface area (Å²) in [5.74, 6) is 0. The summed E-state index contributed by atoms with van der Waals surface area (Å²) < 4.78 is 52.5. The predicted octanol–water partition coefficient (Wildman–Crippen LogP) is -3.00. The van der Waals surface area contributed by atoms with Crippen molar-refractivity contribution < 1.29 is 51.7 Å². The van der Waals surface area contributed by atoms with Crippen LogP contribution < -0.4 is 5.26 Å². The van der Waals surface area contributed by atoms with Gasteiger partial charge in [-0.05, 0) is 0 Å². The maximum Gasteiger partial charge on any atom is 2.00 e. The molecule has 71 valence electrons. The van der Waals surface area contributed by atoms with Gasteiger partial charge >= 0.3 is 27.5 Å². The van der Waals surface area contributed by atoms with E-state index < -0.39 is 20.8 Å². The molecule has 0 unspecified atom stereocenters.